The van der Waals surface area contributed by atoms with Crippen LogP contribution in [0.1, 0.15) is 0 Å². The highest BCUT2D eigenvalue weighted by atomic mass is 19.2. The van der Waals surface area contributed by atoms with Crippen molar-refractivity contribution in [2.45, 2.75) is 0 Å². The van der Waals surface area contributed by atoms with Crippen LogP contribution in [0.4, 0.5) is 19.1 Å². The normalized spacial score (nSPS) is 10.9. The van der Waals surface area contributed by atoms with Gasteiger partial charge in [0.05, 0.1) is 0 Å². The minimum Gasteiger partial charge on any atom is -0.366 e. The Balaban J connectivity index is 2.02. The van der Waals surface area contributed by atoms with Gasteiger partial charge in [0.15, 0.2) is 17.5 Å². The number of rotatable bonds is 2. The molecular weight excluding hydrogens is 277 g/mol. The minimum atomic E-state index is -1.57. The first kappa shape index (κ1) is 12.1. The summed E-state index contributed by atoms with van der Waals surface area (Å²) in [7, 11) is 0. The maximum absolute atomic E-state index is 13.1. The van der Waals surface area contributed by atoms with E-state index in [1.54, 1.807) is 0 Å². The molecule has 0 aliphatic heterocycles. The number of aromatic amines is 1. The third-order valence-electron chi connectivity index (χ3n) is 2.37. The number of aromatic nitrogens is 5. The summed E-state index contributed by atoms with van der Waals surface area (Å²) >= 11 is 0. The molecule has 20 heavy (non-hydrogen) atoms. The second kappa shape index (κ2) is 4.33. The van der Waals surface area contributed by atoms with E-state index in [4.69, 9.17) is 10.3 Å². The van der Waals surface area contributed by atoms with Crippen molar-refractivity contribution in [3.05, 3.63) is 29.6 Å². The number of H-pyrrole nitrogens is 1. The van der Waals surface area contributed by atoms with Crippen LogP contribution in [0.25, 0.3) is 23.1 Å². The van der Waals surface area contributed by atoms with Crippen molar-refractivity contribution in [1.82, 2.24) is 25.3 Å². The van der Waals surface area contributed by atoms with Crippen LogP contribution < -0.4 is 5.73 Å². The third-order valence-corrected chi connectivity index (χ3v) is 2.37. The van der Waals surface area contributed by atoms with E-state index >= 15 is 0 Å². The van der Waals surface area contributed by atoms with Gasteiger partial charge in [-0.25, -0.2) is 13.2 Å². The van der Waals surface area contributed by atoms with Gasteiger partial charge < -0.3 is 10.3 Å². The number of halogens is 3. The average Bonchev–Trinajstić information content (AvgIpc) is 3.03. The molecule has 3 N–H and O–H groups in total. The largest absolute Gasteiger partial charge is 0.366 e. The summed E-state index contributed by atoms with van der Waals surface area (Å²) in [6.07, 6.45) is 0. The summed E-state index contributed by atoms with van der Waals surface area (Å²) in [4.78, 5) is 7.60. The molecule has 0 atom stereocenters. The lowest BCUT2D eigenvalue weighted by Gasteiger charge is -1.97. The standard InChI is InChI=1S/C10H5F3N6O/c11-4-1-3(2-5(12)6(4)13)7-15-9(20-19-7)8-16-10(14)18-17-8/h1-2H,(H3,14,16,17,18). The Hall–Kier alpha value is -2.91. The molecule has 0 fully saturated rings. The zero-order valence-corrected chi connectivity index (χ0v) is 9.56. The van der Waals surface area contributed by atoms with E-state index in [0.717, 1.165) is 12.1 Å². The molecule has 0 amide bonds. The quantitative estimate of drug-likeness (QED) is 0.690. The molecule has 0 aliphatic rings. The molecule has 102 valence electrons. The Bertz CT molecular complexity index is 760. The summed E-state index contributed by atoms with van der Waals surface area (Å²) < 4.78 is 43.9. The number of nitrogens with zero attached hydrogens (tertiary/aromatic N) is 4. The highest BCUT2D eigenvalue weighted by Gasteiger charge is 2.17. The van der Waals surface area contributed by atoms with Gasteiger partial charge in [-0.2, -0.15) is 9.97 Å². The van der Waals surface area contributed by atoms with Crippen LogP contribution >= 0.6 is 0 Å². The van der Waals surface area contributed by atoms with Gasteiger partial charge in [0.2, 0.25) is 17.6 Å². The van der Waals surface area contributed by atoms with E-state index in [-0.39, 0.29) is 29.1 Å². The van der Waals surface area contributed by atoms with Crippen LogP contribution in [-0.2, 0) is 0 Å². The number of benzene rings is 1. The third kappa shape index (κ3) is 1.96. The SMILES string of the molecule is Nc1n[nH]c(-c2nc(-c3cc(F)c(F)c(F)c3)no2)n1. The van der Waals surface area contributed by atoms with Gasteiger partial charge in [0.25, 0.3) is 5.89 Å². The lowest BCUT2D eigenvalue weighted by molar-refractivity contribution is 0.429. The van der Waals surface area contributed by atoms with E-state index in [1.165, 1.54) is 0 Å². The fraction of sp³-hybridized carbons (Fsp3) is 0. The van der Waals surface area contributed by atoms with Crippen LogP contribution in [0.3, 0.4) is 0 Å². The molecule has 3 rings (SSSR count). The van der Waals surface area contributed by atoms with Crippen LogP contribution in [0.15, 0.2) is 16.7 Å². The Morgan fingerprint density at radius 2 is 1.80 bits per heavy atom. The number of nitrogens with two attached hydrogens (primary N) is 1. The monoisotopic (exact) mass is 282 g/mol. The summed E-state index contributed by atoms with van der Waals surface area (Å²) in [5, 5.41) is 9.50. The smallest absolute Gasteiger partial charge is 0.295 e. The van der Waals surface area contributed by atoms with Crippen molar-refractivity contribution in [2.24, 2.45) is 0 Å². The van der Waals surface area contributed by atoms with Crippen molar-refractivity contribution in [2.75, 3.05) is 5.73 Å². The van der Waals surface area contributed by atoms with Crippen molar-refractivity contribution < 1.29 is 17.7 Å². The van der Waals surface area contributed by atoms with E-state index in [1.807, 2.05) is 0 Å². The highest BCUT2D eigenvalue weighted by Crippen LogP contribution is 2.23. The zero-order chi connectivity index (χ0) is 14.3. The van der Waals surface area contributed by atoms with Gasteiger partial charge in [-0.3, -0.25) is 5.10 Å². The van der Waals surface area contributed by atoms with Gasteiger partial charge in [0.1, 0.15) is 0 Å². The maximum Gasteiger partial charge on any atom is 0.295 e. The molecule has 0 saturated heterocycles. The van der Waals surface area contributed by atoms with Gasteiger partial charge in [-0.1, -0.05) is 5.16 Å². The lowest BCUT2D eigenvalue weighted by Crippen LogP contribution is -1.92. The molecule has 2 aromatic heterocycles. The number of nitrogens with one attached hydrogen (secondary N) is 1. The number of hydrogen-bond donors (Lipinski definition) is 2. The second-order valence-corrected chi connectivity index (χ2v) is 3.72. The molecule has 1 aromatic carbocycles. The molecule has 7 nitrogen and oxygen atoms in total. The zero-order valence-electron chi connectivity index (χ0n) is 9.56. The average molecular weight is 282 g/mol. The molecule has 2 heterocycles. The predicted molar refractivity (Wildman–Crippen MR) is 59.4 cm³/mol. The highest BCUT2D eigenvalue weighted by molar-refractivity contribution is 5.57. The molecule has 0 unspecified atom stereocenters. The fourth-order valence-corrected chi connectivity index (χ4v) is 1.49. The van der Waals surface area contributed by atoms with Crippen molar-refractivity contribution >= 4 is 5.95 Å². The number of nitrogen functional groups attached to an aromatic ring is 1. The Morgan fingerprint density at radius 1 is 1.10 bits per heavy atom. The molecule has 0 spiro atoms. The van der Waals surface area contributed by atoms with E-state index < -0.39 is 17.5 Å². The van der Waals surface area contributed by atoms with Crippen molar-refractivity contribution in [1.29, 1.82) is 0 Å². The van der Waals surface area contributed by atoms with Crippen LogP contribution in [0.5, 0.6) is 0 Å². The Morgan fingerprint density at radius 3 is 2.40 bits per heavy atom. The van der Waals surface area contributed by atoms with Crippen molar-refractivity contribution in [3.8, 4) is 23.1 Å². The summed E-state index contributed by atoms with van der Waals surface area (Å²) in [6.45, 7) is 0. The van der Waals surface area contributed by atoms with Crippen LogP contribution in [0.2, 0.25) is 0 Å². The summed E-state index contributed by atoms with van der Waals surface area (Å²) in [5.74, 6) is -4.41. The molecule has 0 saturated carbocycles. The minimum absolute atomic E-state index is 0.0291. The fourth-order valence-electron chi connectivity index (χ4n) is 1.49. The number of hydrogen-bond acceptors (Lipinski definition) is 6. The molecule has 0 bridgehead atoms. The maximum atomic E-state index is 13.1. The Kier molecular flexibility index (Phi) is 2.63. The second-order valence-electron chi connectivity index (χ2n) is 3.72. The lowest BCUT2D eigenvalue weighted by atomic mass is 10.2. The first-order valence-electron chi connectivity index (χ1n) is 5.21. The molecular formula is C10H5F3N6O. The molecule has 3 aromatic rings. The van der Waals surface area contributed by atoms with Gasteiger partial charge >= 0.3 is 0 Å². The summed E-state index contributed by atoms with van der Waals surface area (Å²) in [6, 6.07) is 1.50. The molecule has 0 aliphatic carbocycles. The Labute approximate surface area is 108 Å². The molecule has 10 heteroatoms. The predicted octanol–water partition coefficient (Wildman–Crippen LogP) is 1.52. The molecule has 0 radical (unpaired) electrons. The first-order chi connectivity index (χ1) is 9.54. The summed E-state index contributed by atoms with van der Waals surface area (Å²) in [5.41, 5.74) is 5.23. The van der Waals surface area contributed by atoms with Gasteiger partial charge in [0, 0.05) is 5.56 Å². The van der Waals surface area contributed by atoms with E-state index in [9.17, 15) is 13.2 Å². The number of anilines is 1. The van der Waals surface area contributed by atoms with Crippen LogP contribution in [-0.4, -0.2) is 25.3 Å². The van der Waals surface area contributed by atoms with E-state index in [0.29, 0.717) is 0 Å². The van der Waals surface area contributed by atoms with Crippen molar-refractivity contribution in [3.63, 3.8) is 0 Å². The van der Waals surface area contributed by atoms with Crippen LogP contribution in [0, 0.1) is 17.5 Å². The van der Waals surface area contributed by atoms with E-state index in [2.05, 4.69) is 25.3 Å². The first-order valence-corrected chi connectivity index (χ1v) is 5.21. The topological polar surface area (TPSA) is 107 Å². The van der Waals surface area contributed by atoms with Gasteiger partial charge in [-0.15, -0.1) is 5.10 Å². The van der Waals surface area contributed by atoms with Gasteiger partial charge in [-0.05, 0) is 12.1 Å².